The minimum Gasteiger partial charge on any atom is -0.497 e. The number of benzene rings is 3. The van der Waals surface area contributed by atoms with Crippen molar-refractivity contribution in [1.29, 1.82) is 0 Å². The van der Waals surface area contributed by atoms with Crippen molar-refractivity contribution in [1.82, 2.24) is 0 Å². The van der Waals surface area contributed by atoms with Gasteiger partial charge in [-0.2, -0.15) is 0 Å². The van der Waals surface area contributed by atoms with Crippen LogP contribution in [0.15, 0.2) is 66.7 Å². The lowest BCUT2D eigenvalue weighted by atomic mass is 9.63. The number of rotatable bonds is 9. The van der Waals surface area contributed by atoms with Crippen molar-refractivity contribution in [3.8, 4) is 5.75 Å². The molecule has 3 aromatic rings. The Kier molecular flexibility index (Phi) is 8.07. The van der Waals surface area contributed by atoms with Crippen LogP contribution in [0.3, 0.4) is 0 Å². The molecule has 48 heavy (non-hydrogen) atoms. The summed E-state index contributed by atoms with van der Waals surface area (Å²) in [5.41, 5.74) is 2.92. The van der Waals surface area contributed by atoms with E-state index in [1.165, 1.54) is 0 Å². The molecule has 4 atom stereocenters. The van der Waals surface area contributed by atoms with E-state index in [-0.39, 0.29) is 37.0 Å². The first-order valence-electron chi connectivity index (χ1n) is 16.5. The Hall–Kier alpha value is -4.61. The molecule has 11 heteroatoms. The number of cyclic esters (lactones) is 2. The molecule has 0 aromatic heterocycles. The number of ether oxygens (including phenoxy) is 4. The van der Waals surface area contributed by atoms with E-state index in [2.05, 4.69) is 20.8 Å². The van der Waals surface area contributed by atoms with Gasteiger partial charge in [-0.05, 0) is 65.4 Å². The van der Waals surface area contributed by atoms with Crippen molar-refractivity contribution < 1.29 is 38.4 Å². The van der Waals surface area contributed by atoms with E-state index >= 15 is 4.79 Å². The molecule has 0 bridgehead atoms. The maximum absolute atomic E-state index is 15.0. The zero-order valence-corrected chi connectivity index (χ0v) is 27.7. The standard InChI is InChI=1S/C37H41N3O8/c1-23-32(36(2,3)25-7-12-28(45-4)13-8-25)31(15-18-41)48-37(23)29-21-27(39-17-20-47-35(39)44)11-14-30(29)40(33(37)42)22-24-5-9-26(10-6-24)38-16-19-46-34(38)43/h5-14,21,23,31-32,41H,15-20,22H2,1-4H3/t23-,31+,32-,37+/m0/s1. The molecule has 252 valence electrons. The molecule has 7 rings (SSSR count). The second-order valence-electron chi connectivity index (χ2n) is 13.5. The van der Waals surface area contributed by atoms with Crippen LogP contribution in [0.2, 0.25) is 0 Å². The summed E-state index contributed by atoms with van der Waals surface area (Å²) in [6.07, 6.45) is -0.872. The predicted molar refractivity (Wildman–Crippen MR) is 178 cm³/mol. The summed E-state index contributed by atoms with van der Waals surface area (Å²) in [6.45, 7) is 8.12. The number of carbonyl (C=O) groups is 3. The monoisotopic (exact) mass is 655 g/mol. The Morgan fingerprint density at radius 1 is 0.896 bits per heavy atom. The first-order chi connectivity index (χ1) is 23.1. The third-order valence-corrected chi connectivity index (χ3v) is 10.7. The van der Waals surface area contributed by atoms with E-state index in [9.17, 15) is 14.7 Å². The quantitative estimate of drug-likeness (QED) is 0.328. The molecular weight excluding hydrogens is 614 g/mol. The number of hydrogen-bond acceptors (Lipinski definition) is 8. The lowest BCUT2D eigenvalue weighted by Gasteiger charge is -2.38. The van der Waals surface area contributed by atoms with Gasteiger partial charge in [0.1, 0.15) is 19.0 Å². The van der Waals surface area contributed by atoms with Gasteiger partial charge in [0.05, 0.1) is 38.5 Å². The second kappa shape index (κ2) is 12.1. The van der Waals surface area contributed by atoms with Gasteiger partial charge in [0.2, 0.25) is 0 Å². The fourth-order valence-corrected chi connectivity index (χ4v) is 8.24. The van der Waals surface area contributed by atoms with Crippen LogP contribution in [-0.2, 0) is 36.6 Å². The number of hydrogen-bond donors (Lipinski definition) is 1. The third kappa shape index (κ3) is 4.98. The Bertz CT molecular complexity index is 1730. The highest BCUT2D eigenvalue weighted by Crippen LogP contribution is 2.60. The van der Waals surface area contributed by atoms with Crippen molar-refractivity contribution >= 4 is 35.2 Å². The lowest BCUT2D eigenvalue weighted by molar-refractivity contribution is -0.146. The Morgan fingerprint density at radius 2 is 1.52 bits per heavy atom. The molecule has 1 spiro atoms. The van der Waals surface area contributed by atoms with Crippen molar-refractivity contribution in [2.45, 2.75) is 50.9 Å². The molecule has 0 radical (unpaired) electrons. The van der Waals surface area contributed by atoms with Crippen LogP contribution in [0.25, 0.3) is 0 Å². The molecule has 3 saturated heterocycles. The molecular formula is C37H41N3O8. The van der Waals surface area contributed by atoms with Gasteiger partial charge in [-0.1, -0.05) is 45.0 Å². The van der Waals surface area contributed by atoms with Crippen LogP contribution in [0.1, 0.15) is 43.9 Å². The summed E-state index contributed by atoms with van der Waals surface area (Å²) in [5.74, 6) is 0.0984. The summed E-state index contributed by atoms with van der Waals surface area (Å²) in [7, 11) is 1.64. The van der Waals surface area contributed by atoms with Crippen LogP contribution < -0.4 is 19.4 Å². The molecule has 11 nitrogen and oxygen atoms in total. The fraction of sp³-hybridized carbons (Fsp3) is 0.432. The summed E-state index contributed by atoms with van der Waals surface area (Å²) in [6, 6.07) is 21.1. The Labute approximate surface area is 279 Å². The minimum absolute atomic E-state index is 0.0933. The number of carbonyl (C=O) groups excluding carboxylic acids is 3. The number of amides is 3. The van der Waals surface area contributed by atoms with E-state index < -0.39 is 23.2 Å². The molecule has 3 aromatic carbocycles. The average Bonchev–Trinajstić information content (AvgIpc) is 3.84. The van der Waals surface area contributed by atoms with E-state index in [0.29, 0.717) is 49.7 Å². The van der Waals surface area contributed by atoms with Crippen LogP contribution in [0, 0.1) is 11.8 Å². The van der Waals surface area contributed by atoms with Gasteiger partial charge in [0, 0.05) is 35.4 Å². The molecule has 1 N–H and O–H groups in total. The zero-order valence-electron chi connectivity index (χ0n) is 27.7. The number of nitrogens with zero attached hydrogens (tertiary/aromatic N) is 3. The van der Waals surface area contributed by atoms with E-state index in [4.69, 9.17) is 18.9 Å². The summed E-state index contributed by atoms with van der Waals surface area (Å²) in [4.78, 5) is 44.6. The summed E-state index contributed by atoms with van der Waals surface area (Å²) in [5, 5.41) is 10.2. The summed E-state index contributed by atoms with van der Waals surface area (Å²) < 4.78 is 22.7. The van der Waals surface area contributed by atoms with Crippen molar-refractivity contribution in [3.05, 3.63) is 83.4 Å². The van der Waals surface area contributed by atoms with E-state index in [0.717, 1.165) is 22.6 Å². The van der Waals surface area contributed by atoms with Gasteiger partial charge in [0.15, 0.2) is 5.60 Å². The molecule has 0 unspecified atom stereocenters. The van der Waals surface area contributed by atoms with Crippen molar-refractivity contribution in [2.75, 3.05) is 54.7 Å². The second-order valence-corrected chi connectivity index (χ2v) is 13.5. The highest BCUT2D eigenvalue weighted by atomic mass is 16.6. The van der Waals surface area contributed by atoms with Crippen LogP contribution >= 0.6 is 0 Å². The first kappa shape index (κ1) is 32.0. The largest absolute Gasteiger partial charge is 0.497 e. The molecule has 3 amide bonds. The number of fused-ring (bicyclic) bond motifs is 2. The highest BCUT2D eigenvalue weighted by Gasteiger charge is 2.66. The number of aliphatic hydroxyl groups excluding tert-OH is 1. The maximum Gasteiger partial charge on any atom is 0.414 e. The molecule has 0 saturated carbocycles. The molecule has 0 aliphatic carbocycles. The zero-order chi connectivity index (χ0) is 33.8. The van der Waals surface area contributed by atoms with Gasteiger partial charge >= 0.3 is 12.2 Å². The third-order valence-electron chi connectivity index (χ3n) is 10.7. The topological polar surface area (TPSA) is 118 Å². The van der Waals surface area contributed by atoms with Gasteiger partial charge in [-0.25, -0.2) is 9.59 Å². The van der Waals surface area contributed by atoms with Crippen molar-refractivity contribution in [2.24, 2.45) is 11.8 Å². The number of anilines is 3. The lowest BCUT2D eigenvalue weighted by Crippen LogP contribution is -2.45. The van der Waals surface area contributed by atoms with Crippen LogP contribution in [-0.4, -0.2) is 69.3 Å². The van der Waals surface area contributed by atoms with Crippen LogP contribution in [0.4, 0.5) is 26.7 Å². The first-order valence-corrected chi connectivity index (χ1v) is 16.5. The minimum atomic E-state index is -1.36. The van der Waals surface area contributed by atoms with Gasteiger partial charge in [0.25, 0.3) is 5.91 Å². The highest BCUT2D eigenvalue weighted by molar-refractivity contribution is 6.08. The maximum atomic E-state index is 15.0. The normalized spacial score (nSPS) is 25.2. The SMILES string of the molecule is COc1ccc(C(C)(C)[C@@H]2[C@@H](CCO)O[C@]3(C(=O)N(Cc4ccc(N5CCOC5=O)cc4)c4ccc(N5CCOC5=O)cc43)[C@H]2C)cc1. The number of methoxy groups -OCH3 is 1. The van der Waals surface area contributed by atoms with Gasteiger partial charge in [-0.3, -0.25) is 14.6 Å². The molecule has 4 aliphatic rings. The summed E-state index contributed by atoms with van der Waals surface area (Å²) >= 11 is 0. The average molecular weight is 656 g/mol. The van der Waals surface area contributed by atoms with E-state index in [1.807, 2.05) is 66.7 Å². The molecule has 4 aliphatic heterocycles. The van der Waals surface area contributed by atoms with Gasteiger partial charge in [-0.15, -0.1) is 0 Å². The number of aliphatic hydroxyl groups is 1. The van der Waals surface area contributed by atoms with Crippen LogP contribution in [0.5, 0.6) is 5.75 Å². The van der Waals surface area contributed by atoms with Gasteiger partial charge < -0.3 is 29.0 Å². The Balaban J connectivity index is 1.29. The predicted octanol–water partition coefficient (Wildman–Crippen LogP) is 5.36. The molecule has 3 fully saturated rings. The Morgan fingerprint density at radius 3 is 2.10 bits per heavy atom. The smallest absolute Gasteiger partial charge is 0.414 e. The fourth-order valence-electron chi connectivity index (χ4n) is 8.24. The van der Waals surface area contributed by atoms with Crippen molar-refractivity contribution in [3.63, 3.8) is 0 Å². The molecule has 4 heterocycles. The van der Waals surface area contributed by atoms with E-state index in [1.54, 1.807) is 21.8 Å².